The molecule has 28 heavy (non-hydrogen) atoms. The molecule has 0 aliphatic rings. The molecule has 0 bridgehead atoms. The minimum Gasteiger partial charge on any atom is -0.504 e. The number of phenols is 4. The molecule has 2 aromatic carbocycles. The van der Waals surface area contributed by atoms with Gasteiger partial charge in [0.05, 0.1) is 13.0 Å². The van der Waals surface area contributed by atoms with E-state index in [9.17, 15) is 30.0 Å². The zero-order valence-corrected chi connectivity index (χ0v) is 15.0. The number of benzene rings is 2. The van der Waals surface area contributed by atoms with Crippen LogP contribution in [0.25, 0.3) is 6.08 Å². The largest absolute Gasteiger partial charge is 0.504 e. The van der Waals surface area contributed by atoms with Crippen molar-refractivity contribution in [3.8, 4) is 23.0 Å². The number of hydrogen-bond donors (Lipinski definition) is 4. The molecule has 4 N–H and O–H groups in total. The molecule has 1 unspecified atom stereocenters. The number of carbonyl (C=O) groups is 2. The minimum atomic E-state index is -1.05. The van der Waals surface area contributed by atoms with Crippen LogP contribution >= 0.6 is 0 Å². The number of phenolic OH excluding ortho intramolecular Hbond substituents is 4. The SMILES string of the molecule is CCOC(=O)CC(OC(=O)/C=C/c1ccc(O)c(O)c1)c1ccc(O)c(O)c1. The first-order chi connectivity index (χ1) is 13.3. The van der Waals surface area contributed by atoms with Crippen molar-refractivity contribution in [2.45, 2.75) is 19.4 Å². The molecule has 2 rings (SSSR count). The van der Waals surface area contributed by atoms with E-state index in [1.807, 2.05) is 0 Å². The highest BCUT2D eigenvalue weighted by Crippen LogP contribution is 2.31. The van der Waals surface area contributed by atoms with E-state index in [1.165, 1.54) is 42.5 Å². The molecule has 0 amide bonds. The van der Waals surface area contributed by atoms with Gasteiger partial charge in [-0.3, -0.25) is 4.79 Å². The van der Waals surface area contributed by atoms with E-state index in [1.54, 1.807) is 6.92 Å². The molecule has 0 heterocycles. The maximum Gasteiger partial charge on any atom is 0.331 e. The number of ether oxygens (including phenoxy) is 2. The van der Waals surface area contributed by atoms with Crippen molar-refractivity contribution in [2.75, 3.05) is 6.61 Å². The Balaban J connectivity index is 2.16. The van der Waals surface area contributed by atoms with Crippen molar-refractivity contribution in [1.29, 1.82) is 0 Å². The van der Waals surface area contributed by atoms with E-state index in [0.29, 0.717) is 11.1 Å². The minimum absolute atomic E-state index is 0.157. The monoisotopic (exact) mass is 388 g/mol. The van der Waals surface area contributed by atoms with Crippen molar-refractivity contribution in [3.05, 3.63) is 53.6 Å². The standard InChI is InChI=1S/C20H20O8/c1-2-27-20(26)11-18(13-5-7-15(22)17(24)10-13)28-19(25)8-4-12-3-6-14(21)16(23)9-12/h3-10,18,21-24H,2,11H2,1H3/b8-4+. The molecule has 0 fully saturated rings. The lowest BCUT2D eigenvalue weighted by atomic mass is 10.1. The number of rotatable bonds is 7. The van der Waals surface area contributed by atoms with Crippen molar-refractivity contribution in [3.63, 3.8) is 0 Å². The highest BCUT2D eigenvalue weighted by Gasteiger charge is 2.21. The summed E-state index contributed by atoms with van der Waals surface area (Å²) in [5, 5.41) is 37.8. The van der Waals surface area contributed by atoms with Gasteiger partial charge in [0.15, 0.2) is 23.0 Å². The Morgan fingerprint density at radius 3 is 2.21 bits per heavy atom. The van der Waals surface area contributed by atoms with E-state index in [4.69, 9.17) is 9.47 Å². The van der Waals surface area contributed by atoms with E-state index in [0.717, 1.165) is 6.08 Å². The summed E-state index contributed by atoms with van der Waals surface area (Å²) >= 11 is 0. The average Bonchev–Trinajstić information content (AvgIpc) is 2.64. The summed E-state index contributed by atoms with van der Waals surface area (Å²) < 4.78 is 10.2. The van der Waals surface area contributed by atoms with Crippen LogP contribution in [0.15, 0.2) is 42.5 Å². The second-order valence-electron chi connectivity index (χ2n) is 5.76. The first kappa shape index (κ1) is 20.6. The summed E-state index contributed by atoms with van der Waals surface area (Å²) in [6.45, 7) is 1.80. The molecule has 8 nitrogen and oxygen atoms in total. The van der Waals surface area contributed by atoms with Gasteiger partial charge in [0.2, 0.25) is 0 Å². The van der Waals surface area contributed by atoms with Crippen LogP contribution in [0, 0.1) is 0 Å². The average molecular weight is 388 g/mol. The summed E-state index contributed by atoms with van der Waals surface area (Å²) in [6, 6.07) is 7.82. The first-order valence-corrected chi connectivity index (χ1v) is 8.38. The van der Waals surface area contributed by atoms with Gasteiger partial charge in [0.25, 0.3) is 0 Å². The van der Waals surface area contributed by atoms with Crippen LogP contribution in [-0.2, 0) is 19.1 Å². The summed E-state index contributed by atoms with van der Waals surface area (Å²) in [5.74, 6) is -2.78. The molecule has 0 spiro atoms. The fraction of sp³-hybridized carbons (Fsp3) is 0.200. The Hall–Kier alpha value is -3.68. The summed E-state index contributed by atoms with van der Waals surface area (Å²) in [7, 11) is 0. The van der Waals surface area contributed by atoms with Crippen molar-refractivity contribution in [1.82, 2.24) is 0 Å². The molecule has 1 atom stereocenters. The van der Waals surface area contributed by atoms with Gasteiger partial charge in [-0.25, -0.2) is 4.79 Å². The van der Waals surface area contributed by atoms with Crippen LogP contribution in [0.2, 0.25) is 0 Å². The molecular formula is C20H20O8. The fourth-order valence-corrected chi connectivity index (χ4v) is 2.33. The van der Waals surface area contributed by atoms with Gasteiger partial charge >= 0.3 is 11.9 Å². The lowest BCUT2D eigenvalue weighted by Gasteiger charge is -2.17. The molecule has 0 radical (unpaired) electrons. The third-order valence-corrected chi connectivity index (χ3v) is 3.70. The lowest BCUT2D eigenvalue weighted by molar-refractivity contribution is -0.151. The van der Waals surface area contributed by atoms with Crippen LogP contribution in [-0.4, -0.2) is 39.0 Å². The Morgan fingerprint density at radius 2 is 1.61 bits per heavy atom. The van der Waals surface area contributed by atoms with Gasteiger partial charge < -0.3 is 29.9 Å². The highest BCUT2D eigenvalue weighted by atomic mass is 16.6. The number of hydrogen-bond acceptors (Lipinski definition) is 8. The van der Waals surface area contributed by atoms with Crippen LogP contribution < -0.4 is 0 Å². The molecule has 0 saturated heterocycles. The molecule has 0 aliphatic heterocycles. The summed E-state index contributed by atoms with van der Waals surface area (Å²) in [6.07, 6.45) is 1.12. The van der Waals surface area contributed by atoms with Crippen LogP contribution in [0.3, 0.4) is 0 Å². The van der Waals surface area contributed by atoms with Gasteiger partial charge in [0.1, 0.15) is 6.10 Å². The van der Waals surface area contributed by atoms with Crippen molar-refractivity contribution in [2.24, 2.45) is 0 Å². The zero-order chi connectivity index (χ0) is 20.7. The van der Waals surface area contributed by atoms with Gasteiger partial charge in [-0.15, -0.1) is 0 Å². The van der Waals surface area contributed by atoms with Gasteiger partial charge in [-0.1, -0.05) is 12.1 Å². The molecule has 0 aliphatic carbocycles. The molecule has 0 saturated carbocycles. The smallest absolute Gasteiger partial charge is 0.331 e. The molecular weight excluding hydrogens is 368 g/mol. The van der Waals surface area contributed by atoms with Crippen LogP contribution in [0.1, 0.15) is 30.6 Å². The maximum atomic E-state index is 12.2. The van der Waals surface area contributed by atoms with Gasteiger partial charge in [0, 0.05) is 6.08 Å². The third-order valence-electron chi connectivity index (χ3n) is 3.70. The van der Waals surface area contributed by atoms with Crippen LogP contribution in [0.4, 0.5) is 0 Å². The zero-order valence-electron chi connectivity index (χ0n) is 15.0. The Labute approximate surface area is 160 Å². The predicted octanol–water partition coefficient (Wildman–Crippen LogP) is 2.76. The fourth-order valence-electron chi connectivity index (χ4n) is 2.33. The first-order valence-electron chi connectivity index (χ1n) is 8.38. The molecule has 8 heteroatoms. The van der Waals surface area contributed by atoms with Crippen molar-refractivity contribution < 1.29 is 39.5 Å². The Bertz CT molecular complexity index is 888. The Kier molecular flexibility index (Phi) is 6.86. The van der Waals surface area contributed by atoms with E-state index < -0.39 is 23.8 Å². The predicted molar refractivity (Wildman–Crippen MR) is 98.7 cm³/mol. The van der Waals surface area contributed by atoms with Crippen LogP contribution in [0.5, 0.6) is 23.0 Å². The quantitative estimate of drug-likeness (QED) is 0.323. The topological polar surface area (TPSA) is 134 Å². The highest BCUT2D eigenvalue weighted by molar-refractivity contribution is 5.87. The van der Waals surface area contributed by atoms with Crippen molar-refractivity contribution >= 4 is 18.0 Å². The normalized spacial score (nSPS) is 11.9. The second-order valence-corrected chi connectivity index (χ2v) is 5.76. The van der Waals surface area contributed by atoms with E-state index in [-0.39, 0.29) is 30.3 Å². The van der Waals surface area contributed by atoms with E-state index >= 15 is 0 Å². The maximum absolute atomic E-state index is 12.2. The van der Waals surface area contributed by atoms with Gasteiger partial charge in [-0.2, -0.15) is 0 Å². The number of aromatic hydroxyl groups is 4. The summed E-state index contributed by atoms with van der Waals surface area (Å²) in [5.41, 5.74) is 0.740. The molecule has 148 valence electrons. The third kappa shape index (κ3) is 5.66. The van der Waals surface area contributed by atoms with Gasteiger partial charge in [-0.05, 0) is 48.4 Å². The lowest BCUT2D eigenvalue weighted by Crippen LogP contribution is -2.15. The molecule has 2 aromatic rings. The number of carbonyl (C=O) groups excluding carboxylic acids is 2. The number of esters is 2. The molecule has 0 aromatic heterocycles. The Morgan fingerprint density at radius 1 is 0.964 bits per heavy atom. The second kappa shape index (κ2) is 9.31. The summed E-state index contributed by atoms with van der Waals surface area (Å²) in [4.78, 5) is 24.0. The van der Waals surface area contributed by atoms with E-state index in [2.05, 4.69) is 0 Å².